The summed E-state index contributed by atoms with van der Waals surface area (Å²) in [5.41, 5.74) is 3.00. The fourth-order valence-corrected chi connectivity index (χ4v) is 3.72. The Morgan fingerprint density at radius 3 is 2.45 bits per heavy atom. The highest BCUT2D eigenvalue weighted by molar-refractivity contribution is 7.99. The number of carbonyl (C=O) groups is 2. The molecule has 0 spiro atoms. The standard InChI is InChI=1S/C21H25N3O4S/c1-15-5-4-6-18(11-15)12-23(16(2)21(26)22-3)20(25)14-29-13-17-7-9-19(10-8-17)24(27)28/h4-11,16H,12-14H2,1-3H3,(H,22,26)/t16-/m1/s1. The van der Waals surface area contributed by atoms with Crippen LogP contribution < -0.4 is 5.32 Å². The van der Waals surface area contributed by atoms with Crippen LogP contribution in [0.1, 0.15) is 23.6 Å². The number of aryl methyl sites for hydroxylation is 1. The van der Waals surface area contributed by atoms with Gasteiger partial charge in [-0.3, -0.25) is 19.7 Å². The maximum Gasteiger partial charge on any atom is 0.269 e. The molecule has 1 N–H and O–H groups in total. The van der Waals surface area contributed by atoms with Crippen molar-refractivity contribution in [3.8, 4) is 0 Å². The lowest BCUT2D eigenvalue weighted by molar-refractivity contribution is -0.384. The molecule has 2 aromatic rings. The molecule has 2 aromatic carbocycles. The number of nitro groups is 1. The molecule has 0 fully saturated rings. The number of benzene rings is 2. The molecular weight excluding hydrogens is 390 g/mol. The summed E-state index contributed by atoms with van der Waals surface area (Å²) >= 11 is 1.41. The van der Waals surface area contributed by atoms with Crippen molar-refractivity contribution in [1.29, 1.82) is 0 Å². The van der Waals surface area contributed by atoms with E-state index in [9.17, 15) is 19.7 Å². The van der Waals surface area contributed by atoms with Gasteiger partial charge in [-0.1, -0.05) is 42.0 Å². The van der Waals surface area contributed by atoms with Crippen LogP contribution in [0, 0.1) is 17.0 Å². The Balaban J connectivity index is 2.02. The highest BCUT2D eigenvalue weighted by Gasteiger charge is 2.25. The fourth-order valence-electron chi connectivity index (χ4n) is 2.85. The van der Waals surface area contributed by atoms with Crippen LogP contribution in [0.5, 0.6) is 0 Å². The molecule has 0 bridgehead atoms. The molecule has 0 aliphatic rings. The van der Waals surface area contributed by atoms with E-state index >= 15 is 0 Å². The van der Waals surface area contributed by atoms with Crippen molar-refractivity contribution in [3.05, 3.63) is 75.3 Å². The molecule has 0 aliphatic carbocycles. The normalized spacial score (nSPS) is 11.6. The van der Waals surface area contributed by atoms with Gasteiger partial charge in [0.2, 0.25) is 11.8 Å². The van der Waals surface area contributed by atoms with Gasteiger partial charge >= 0.3 is 0 Å². The Kier molecular flexibility index (Phi) is 8.21. The van der Waals surface area contributed by atoms with Gasteiger partial charge in [0.1, 0.15) is 6.04 Å². The summed E-state index contributed by atoms with van der Waals surface area (Å²) in [6, 6.07) is 13.5. The number of hydrogen-bond donors (Lipinski definition) is 1. The number of carbonyl (C=O) groups excluding carboxylic acids is 2. The zero-order valence-corrected chi connectivity index (χ0v) is 17.6. The second kappa shape index (κ2) is 10.6. The number of non-ortho nitro benzene ring substituents is 1. The lowest BCUT2D eigenvalue weighted by Gasteiger charge is -2.28. The van der Waals surface area contributed by atoms with Crippen LogP contribution in [0.25, 0.3) is 0 Å². The summed E-state index contributed by atoms with van der Waals surface area (Å²) in [5, 5.41) is 13.3. The molecule has 0 aromatic heterocycles. The quantitative estimate of drug-likeness (QED) is 0.501. The van der Waals surface area contributed by atoms with Gasteiger partial charge < -0.3 is 10.2 Å². The lowest BCUT2D eigenvalue weighted by atomic mass is 10.1. The van der Waals surface area contributed by atoms with Gasteiger partial charge in [-0.05, 0) is 25.0 Å². The Bertz CT molecular complexity index is 870. The van der Waals surface area contributed by atoms with Crippen LogP contribution in [0.15, 0.2) is 48.5 Å². The minimum Gasteiger partial charge on any atom is -0.357 e. The molecule has 0 heterocycles. The molecule has 2 amide bonds. The Morgan fingerprint density at radius 2 is 1.86 bits per heavy atom. The third-order valence-electron chi connectivity index (χ3n) is 4.49. The van der Waals surface area contributed by atoms with Gasteiger partial charge in [0.25, 0.3) is 5.69 Å². The monoisotopic (exact) mass is 415 g/mol. The predicted molar refractivity (Wildman–Crippen MR) is 115 cm³/mol. The second-order valence-corrected chi connectivity index (χ2v) is 7.70. The summed E-state index contributed by atoms with van der Waals surface area (Å²) in [7, 11) is 1.55. The van der Waals surface area contributed by atoms with Crippen molar-refractivity contribution >= 4 is 29.3 Å². The molecule has 8 heteroatoms. The first-order valence-corrected chi connectivity index (χ1v) is 10.3. The van der Waals surface area contributed by atoms with Crippen LogP contribution in [-0.4, -0.2) is 40.5 Å². The largest absolute Gasteiger partial charge is 0.357 e. The van der Waals surface area contributed by atoms with Crippen LogP contribution in [0.4, 0.5) is 5.69 Å². The molecule has 2 rings (SSSR count). The summed E-state index contributed by atoms with van der Waals surface area (Å²) < 4.78 is 0. The van der Waals surface area contributed by atoms with E-state index in [1.54, 1.807) is 31.0 Å². The van der Waals surface area contributed by atoms with E-state index in [0.717, 1.165) is 16.7 Å². The van der Waals surface area contributed by atoms with Gasteiger partial charge in [0, 0.05) is 31.5 Å². The highest BCUT2D eigenvalue weighted by Crippen LogP contribution is 2.18. The van der Waals surface area contributed by atoms with E-state index in [1.165, 1.54) is 23.9 Å². The molecule has 154 valence electrons. The number of thioether (sulfide) groups is 1. The average molecular weight is 416 g/mol. The van der Waals surface area contributed by atoms with Gasteiger partial charge in [-0.25, -0.2) is 0 Å². The minimum absolute atomic E-state index is 0.0403. The summed E-state index contributed by atoms with van der Waals surface area (Å²) in [6.45, 7) is 4.05. The van der Waals surface area contributed by atoms with E-state index in [4.69, 9.17) is 0 Å². The Hall–Kier alpha value is -2.87. The smallest absolute Gasteiger partial charge is 0.269 e. The van der Waals surface area contributed by atoms with Gasteiger partial charge in [0.05, 0.1) is 10.7 Å². The number of likely N-dealkylation sites (N-methyl/N-ethyl adjacent to an activating group) is 1. The molecule has 1 atom stereocenters. The first-order valence-electron chi connectivity index (χ1n) is 9.19. The third kappa shape index (κ3) is 6.60. The molecular formula is C21H25N3O4S. The molecule has 0 saturated heterocycles. The maximum atomic E-state index is 12.9. The minimum atomic E-state index is -0.590. The van der Waals surface area contributed by atoms with Gasteiger partial charge in [-0.15, -0.1) is 11.8 Å². The van der Waals surface area contributed by atoms with E-state index in [2.05, 4.69) is 5.32 Å². The van der Waals surface area contributed by atoms with Crippen LogP contribution >= 0.6 is 11.8 Å². The number of amides is 2. The summed E-state index contributed by atoms with van der Waals surface area (Å²) in [5.74, 6) is 0.418. The first-order chi connectivity index (χ1) is 13.8. The molecule has 0 unspecified atom stereocenters. The van der Waals surface area contributed by atoms with Crippen molar-refractivity contribution in [2.75, 3.05) is 12.8 Å². The molecule has 0 aliphatic heterocycles. The second-order valence-electron chi connectivity index (χ2n) is 6.72. The number of rotatable bonds is 9. The molecule has 7 nitrogen and oxygen atoms in total. The van der Waals surface area contributed by atoms with Crippen molar-refractivity contribution in [3.63, 3.8) is 0 Å². The number of nitrogens with one attached hydrogen (secondary N) is 1. The van der Waals surface area contributed by atoms with Gasteiger partial charge in [0.15, 0.2) is 0 Å². The Morgan fingerprint density at radius 1 is 1.17 bits per heavy atom. The molecule has 0 radical (unpaired) electrons. The Labute approximate surface area is 174 Å². The first kappa shape index (κ1) is 22.4. The van der Waals surface area contributed by atoms with E-state index in [1.807, 2.05) is 31.2 Å². The molecule has 29 heavy (non-hydrogen) atoms. The third-order valence-corrected chi connectivity index (χ3v) is 5.48. The van der Waals surface area contributed by atoms with E-state index in [-0.39, 0.29) is 23.3 Å². The van der Waals surface area contributed by atoms with Crippen LogP contribution in [-0.2, 0) is 21.9 Å². The predicted octanol–water partition coefficient (Wildman–Crippen LogP) is 3.30. The fraction of sp³-hybridized carbons (Fsp3) is 0.333. The van der Waals surface area contributed by atoms with Crippen molar-refractivity contribution < 1.29 is 14.5 Å². The van der Waals surface area contributed by atoms with Crippen LogP contribution in [0.2, 0.25) is 0 Å². The van der Waals surface area contributed by atoms with E-state index in [0.29, 0.717) is 12.3 Å². The van der Waals surface area contributed by atoms with E-state index < -0.39 is 11.0 Å². The van der Waals surface area contributed by atoms with Crippen LogP contribution in [0.3, 0.4) is 0 Å². The summed E-state index contributed by atoms with van der Waals surface area (Å²) in [4.78, 5) is 36.9. The topological polar surface area (TPSA) is 92.6 Å². The summed E-state index contributed by atoms with van der Waals surface area (Å²) in [6.07, 6.45) is 0. The average Bonchev–Trinajstić information content (AvgIpc) is 2.71. The number of hydrogen-bond acceptors (Lipinski definition) is 5. The zero-order valence-electron chi connectivity index (χ0n) is 16.8. The lowest BCUT2D eigenvalue weighted by Crippen LogP contribution is -2.47. The van der Waals surface area contributed by atoms with Crippen molar-refractivity contribution in [2.45, 2.75) is 32.2 Å². The molecule has 0 saturated carbocycles. The van der Waals surface area contributed by atoms with Crippen molar-refractivity contribution in [1.82, 2.24) is 10.2 Å². The zero-order chi connectivity index (χ0) is 21.4. The number of nitro benzene ring substituents is 1. The van der Waals surface area contributed by atoms with Gasteiger partial charge in [-0.2, -0.15) is 0 Å². The highest BCUT2D eigenvalue weighted by atomic mass is 32.2. The maximum absolute atomic E-state index is 12.9. The van der Waals surface area contributed by atoms with Crippen molar-refractivity contribution in [2.24, 2.45) is 0 Å². The SMILES string of the molecule is CNC(=O)[C@@H](C)N(Cc1cccc(C)c1)C(=O)CSCc1ccc([N+](=O)[O-])cc1. The number of nitrogens with zero attached hydrogens (tertiary/aromatic N) is 2.